The lowest BCUT2D eigenvalue weighted by Gasteiger charge is -2.09. The van der Waals surface area contributed by atoms with Crippen molar-refractivity contribution >= 4 is 34.8 Å². The van der Waals surface area contributed by atoms with Gasteiger partial charge in [0.25, 0.3) is 5.91 Å². The molecule has 1 N–H and O–H groups in total. The summed E-state index contributed by atoms with van der Waals surface area (Å²) in [5.74, 6) is 0.178. The molecular formula is C15H13Cl2NO2. The Kier molecular flexibility index (Phi) is 4.88. The van der Waals surface area contributed by atoms with Gasteiger partial charge in [-0.05, 0) is 42.8 Å². The predicted octanol–water partition coefficient (Wildman–Crippen LogP) is 4.32. The average molecular weight is 310 g/mol. The predicted molar refractivity (Wildman–Crippen MR) is 81.8 cm³/mol. The first-order valence-corrected chi connectivity index (χ1v) is 6.74. The van der Waals surface area contributed by atoms with Gasteiger partial charge in [-0.15, -0.1) is 0 Å². The van der Waals surface area contributed by atoms with Crippen LogP contribution in [0.25, 0.3) is 0 Å². The summed E-state index contributed by atoms with van der Waals surface area (Å²) < 4.78 is 5.35. The molecule has 0 aliphatic carbocycles. The Morgan fingerprint density at radius 1 is 1.20 bits per heavy atom. The molecule has 0 heterocycles. The van der Waals surface area contributed by atoms with Crippen LogP contribution in [-0.4, -0.2) is 12.5 Å². The maximum absolute atomic E-state index is 11.8. The number of nitrogens with one attached hydrogen (secondary N) is 1. The van der Waals surface area contributed by atoms with Crippen LogP contribution in [0.1, 0.15) is 5.56 Å². The highest BCUT2D eigenvalue weighted by atomic mass is 35.5. The van der Waals surface area contributed by atoms with Crippen molar-refractivity contribution in [3.05, 3.63) is 58.1 Å². The van der Waals surface area contributed by atoms with Crippen LogP contribution in [0, 0.1) is 6.92 Å². The molecular weight excluding hydrogens is 297 g/mol. The molecule has 5 heteroatoms. The fraction of sp³-hybridized carbons (Fsp3) is 0.133. The maximum Gasteiger partial charge on any atom is 0.262 e. The normalized spacial score (nSPS) is 10.2. The van der Waals surface area contributed by atoms with Crippen molar-refractivity contribution in [1.82, 2.24) is 0 Å². The summed E-state index contributed by atoms with van der Waals surface area (Å²) in [7, 11) is 0. The third-order valence-electron chi connectivity index (χ3n) is 2.55. The fourth-order valence-electron chi connectivity index (χ4n) is 1.66. The van der Waals surface area contributed by atoms with Crippen LogP contribution in [0.15, 0.2) is 42.5 Å². The van der Waals surface area contributed by atoms with E-state index in [0.29, 0.717) is 15.8 Å². The summed E-state index contributed by atoms with van der Waals surface area (Å²) in [4.78, 5) is 11.8. The van der Waals surface area contributed by atoms with E-state index >= 15 is 0 Å². The molecule has 0 bridgehead atoms. The molecule has 0 atom stereocenters. The first-order valence-electron chi connectivity index (χ1n) is 5.99. The van der Waals surface area contributed by atoms with Crippen molar-refractivity contribution < 1.29 is 9.53 Å². The van der Waals surface area contributed by atoms with Crippen molar-refractivity contribution in [2.24, 2.45) is 0 Å². The smallest absolute Gasteiger partial charge is 0.262 e. The molecule has 104 valence electrons. The zero-order valence-electron chi connectivity index (χ0n) is 10.8. The highest BCUT2D eigenvalue weighted by Crippen LogP contribution is 2.27. The number of aryl methyl sites for hydroxylation is 1. The number of carbonyl (C=O) groups excluding carboxylic acids is 1. The Bertz CT molecular complexity index is 629. The number of hydrogen-bond acceptors (Lipinski definition) is 2. The van der Waals surface area contributed by atoms with Crippen LogP contribution in [0.5, 0.6) is 5.75 Å². The quantitative estimate of drug-likeness (QED) is 0.913. The summed E-state index contributed by atoms with van der Waals surface area (Å²) in [6.07, 6.45) is 0. The van der Waals surface area contributed by atoms with Crippen LogP contribution in [0.2, 0.25) is 10.0 Å². The monoisotopic (exact) mass is 309 g/mol. The van der Waals surface area contributed by atoms with Gasteiger partial charge in [-0.1, -0.05) is 35.3 Å². The van der Waals surface area contributed by atoms with Crippen LogP contribution in [0.4, 0.5) is 5.69 Å². The van der Waals surface area contributed by atoms with E-state index in [-0.39, 0.29) is 12.5 Å². The molecule has 0 saturated heterocycles. The molecule has 2 aromatic carbocycles. The van der Waals surface area contributed by atoms with Crippen LogP contribution < -0.4 is 10.1 Å². The van der Waals surface area contributed by atoms with Gasteiger partial charge in [0.1, 0.15) is 5.75 Å². The molecule has 0 aromatic heterocycles. The first-order chi connectivity index (χ1) is 9.54. The maximum atomic E-state index is 11.8. The zero-order valence-corrected chi connectivity index (χ0v) is 12.3. The summed E-state index contributed by atoms with van der Waals surface area (Å²) >= 11 is 11.7. The minimum atomic E-state index is -0.249. The van der Waals surface area contributed by atoms with Crippen molar-refractivity contribution in [3.63, 3.8) is 0 Å². The van der Waals surface area contributed by atoms with Crippen molar-refractivity contribution in [2.75, 3.05) is 11.9 Å². The summed E-state index contributed by atoms with van der Waals surface area (Å²) in [6, 6.07) is 12.4. The molecule has 0 radical (unpaired) electrons. The SMILES string of the molecule is Cc1cccc(NC(=O)COc2ccc(Cl)cc2Cl)c1. The van der Waals surface area contributed by atoms with Crippen molar-refractivity contribution in [1.29, 1.82) is 0 Å². The number of benzene rings is 2. The van der Waals surface area contributed by atoms with Crippen LogP contribution in [0.3, 0.4) is 0 Å². The van der Waals surface area contributed by atoms with Gasteiger partial charge < -0.3 is 10.1 Å². The number of halogens is 2. The molecule has 0 aliphatic rings. The highest BCUT2D eigenvalue weighted by Gasteiger charge is 2.07. The number of hydrogen-bond donors (Lipinski definition) is 1. The standard InChI is InChI=1S/C15H13Cl2NO2/c1-10-3-2-4-12(7-10)18-15(19)9-20-14-6-5-11(16)8-13(14)17/h2-8H,9H2,1H3,(H,18,19). The van der Waals surface area contributed by atoms with E-state index < -0.39 is 0 Å². The molecule has 0 saturated carbocycles. The topological polar surface area (TPSA) is 38.3 Å². The molecule has 2 aromatic rings. The number of anilines is 1. The van der Waals surface area contributed by atoms with Gasteiger partial charge in [0, 0.05) is 10.7 Å². The molecule has 1 amide bonds. The van der Waals surface area contributed by atoms with Gasteiger partial charge >= 0.3 is 0 Å². The van der Waals surface area contributed by atoms with Gasteiger partial charge in [-0.25, -0.2) is 0 Å². The Morgan fingerprint density at radius 3 is 2.70 bits per heavy atom. The first kappa shape index (κ1) is 14.7. The second kappa shape index (κ2) is 6.64. The minimum absolute atomic E-state index is 0.116. The number of carbonyl (C=O) groups is 1. The van der Waals surface area contributed by atoms with Gasteiger partial charge in [-0.3, -0.25) is 4.79 Å². The second-order valence-electron chi connectivity index (χ2n) is 4.28. The second-order valence-corrected chi connectivity index (χ2v) is 5.12. The summed E-state index contributed by atoms with van der Waals surface area (Å²) in [5, 5.41) is 3.65. The van der Waals surface area contributed by atoms with E-state index in [4.69, 9.17) is 27.9 Å². The van der Waals surface area contributed by atoms with Gasteiger partial charge in [0.05, 0.1) is 5.02 Å². The van der Waals surface area contributed by atoms with Crippen LogP contribution in [-0.2, 0) is 4.79 Å². The highest BCUT2D eigenvalue weighted by molar-refractivity contribution is 6.35. The molecule has 0 spiro atoms. The number of rotatable bonds is 4. The van der Waals surface area contributed by atoms with E-state index in [1.54, 1.807) is 18.2 Å². The lowest BCUT2D eigenvalue weighted by atomic mass is 10.2. The Balaban J connectivity index is 1.92. The van der Waals surface area contributed by atoms with E-state index in [1.165, 1.54) is 0 Å². The third-order valence-corrected chi connectivity index (χ3v) is 3.08. The van der Waals surface area contributed by atoms with E-state index in [9.17, 15) is 4.79 Å². The summed E-state index contributed by atoms with van der Waals surface area (Å²) in [6.45, 7) is 1.84. The lowest BCUT2D eigenvalue weighted by molar-refractivity contribution is -0.118. The van der Waals surface area contributed by atoms with Gasteiger partial charge in [0.2, 0.25) is 0 Å². The van der Waals surface area contributed by atoms with Crippen molar-refractivity contribution in [3.8, 4) is 5.75 Å². The molecule has 2 rings (SSSR count). The summed E-state index contributed by atoms with van der Waals surface area (Å²) in [5.41, 5.74) is 1.81. The van der Waals surface area contributed by atoms with Gasteiger partial charge in [-0.2, -0.15) is 0 Å². The van der Waals surface area contributed by atoms with E-state index in [0.717, 1.165) is 11.3 Å². The third kappa shape index (κ3) is 4.15. The molecule has 0 unspecified atom stereocenters. The zero-order chi connectivity index (χ0) is 14.5. The van der Waals surface area contributed by atoms with E-state index in [2.05, 4.69) is 5.32 Å². The molecule has 0 fully saturated rings. The molecule has 20 heavy (non-hydrogen) atoms. The van der Waals surface area contributed by atoms with Crippen LogP contribution >= 0.6 is 23.2 Å². The lowest BCUT2D eigenvalue weighted by Crippen LogP contribution is -2.20. The Labute approximate surface area is 127 Å². The van der Waals surface area contributed by atoms with E-state index in [1.807, 2.05) is 31.2 Å². The fourth-order valence-corrected chi connectivity index (χ4v) is 2.12. The van der Waals surface area contributed by atoms with Crippen molar-refractivity contribution in [2.45, 2.75) is 6.92 Å². The largest absolute Gasteiger partial charge is 0.482 e. The molecule has 3 nitrogen and oxygen atoms in total. The Hall–Kier alpha value is -1.71. The Morgan fingerprint density at radius 2 is 2.00 bits per heavy atom. The number of amides is 1. The number of ether oxygens (including phenoxy) is 1. The molecule has 0 aliphatic heterocycles. The average Bonchev–Trinajstić information content (AvgIpc) is 2.37. The minimum Gasteiger partial charge on any atom is -0.482 e. The van der Waals surface area contributed by atoms with Gasteiger partial charge in [0.15, 0.2) is 6.61 Å².